The number of nitrogens with zero attached hydrogens (tertiary/aromatic N) is 4. The molecule has 0 atom stereocenters. The number of hydrogen-bond acceptors (Lipinski definition) is 6. The van der Waals surface area contributed by atoms with E-state index in [1.807, 2.05) is 12.1 Å². The Bertz CT molecular complexity index is 1140. The van der Waals surface area contributed by atoms with Crippen molar-refractivity contribution in [3.63, 3.8) is 0 Å². The summed E-state index contributed by atoms with van der Waals surface area (Å²) in [5.74, 6) is -0.208. The van der Waals surface area contributed by atoms with Crippen molar-refractivity contribution in [3.05, 3.63) is 95.6 Å². The van der Waals surface area contributed by atoms with Gasteiger partial charge in [-0.15, -0.1) is 0 Å². The molecule has 148 valence electrons. The van der Waals surface area contributed by atoms with Gasteiger partial charge in [0.05, 0.1) is 23.5 Å². The molecule has 0 fully saturated rings. The van der Waals surface area contributed by atoms with Crippen molar-refractivity contribution >= 4 is 35.1 Å². The van der Waals surface area contributed by atoms with E-state index in [4.69, 9.17) is 0 Å². The van der Waals surface area contributed by atoms with Crippen LogP contribution in [0.2, 0.25) is 0 Å². The summed E-state index contributed by atoms with van der Waals surface area (Å²) in [5, 5.41) is 8.10. The van der Waals surface area contributed by atoms with Gasteiger partial charge in [0.25, 0.3) is 0 Å². The van der Waals surface area contributed by atoms with Crippen molar-refractivity contribution in [2.45, 2.75) is 0 Å². The molecule has 0 aliphatic rings. The van der Waals surface area contributed by atoms with Crippen LogP contribution in [0.5, 0.6) is 0 Å². The van der Waals surface area contributed by atoms with Gasteiger partial charge in [-0.3, -0.25) is 10.9 Å². The van der Waals surface area contributed by atoms with Crippen LogP contribution in [0.3, 0.4) is 0 Å². The highest BCUT2D eigenvalue weighted by Gasteiger charge is 2.08. The number of anilines is 2. The fourth-order valence-corrected chi connectivity index (χ4v) is 2.64. The van der Waals surface area contributed by atoms with Crippen molar-refractivity contribution in [2.24, 2.45) is 10.2 Å². The summed E-state index contributed by atoms with van der Waals surface area (Å²) < 4.78 is 27.5. The zero-order valence-electron chi connectivity index (χ0n) is 15.6. The Balaban J connectivity index is 1.60. The number of halogens is 2. The highest BCUT2D eigenvalue weighted by Crippen LogP contribution is 2.21. The van der Waals surface area contributed by atoms with Crippen LogP contribution >= 0.6 is 0 Å². The smallest absolute Gasteiger partial charge is 0.192 e. The number of hydrogen-bond donors (Lipinski definition) is 2. The van der Waals surface area contributed by atoms with Gasteiger partial charge >= 0.3 is 0 Å². The Morgan fingerprint density at radius 2 is 1.00 bits per heavy atom. The molecule has 1 aromatic heterocycles. The third-order valence-corrected chi connectivity index (χ3v) is 4.13. The largest absolute Gasteiger partial charge is 0.258 e. The van der Waals surface area contributed by atoms with E-state index in [-0.39, 0.29) is 23.3 Å². The van der Waals surface area contributed by atoms with Crippen LogP contribution < -0.4 is 10.9 Å². The van der Waals surface area contributed by atoms with E-state index in [1.54, 1.807) is 48.5 Å². The van der Waals surface area contributed by atoms with Crippen molar-refractivity contribution in [1.82, 2.24) is 9.97 Å². The molecule has 0 spiro atoms. The predicted octanol–water partition coefficient (Wildman–Crippen LogP) is 4.80. The lowest BCUT2D eigenvalue weighted by molar-refractivity contribution is 0.625. The van der Waals surface area contributed by atoms with E-state index in [2.05, 4.69) is 31.0 Å². The Hall–Kier alpha value is -4.20. The fraction of sp³-hybridized carbons (Fsp3) is 0. The van der Waals surface area contributed by atoms with Gasteiger partial charge in [0, 0.05) is 11.1 Å². The molecule has 30 heavy (non-hydrogen) atoms. The Labute approximate surface area is 171 Å². The monoisotopic (exact) mass is 402 g/mol. The first-order valence-electron chi connectivity index (χ1n) is 9.05. The lowest BCUT2D eigenvalue weighted by atomic mass is 10.2. The molecule has 0 bridgehead atoms. The van der Waals surface area contributed by atoms with E-state index < -0.39 is 0 Å². The van der Waals surface area contributed by atoms with Gasteiger partial charge in [0.1, 0.15) is 11.6 Å². The topological polar surface area (TPSA) is 74.6 Å². The Morgan fingerprint density at radius 1 is 0.600 bits per heavy atom. The highest BCUT2D eigenvalue weighted by molar-refractivity contribution is 5.84. The van der Waals surface area contributed by atoms with Gasteiger partial charge in [0.2, 0.25) is 0 Å². The first-order chi connectivity index (χ1) is 14.7. The second-order valence-corrected chi connectivity index (χ2v) is 6.19. The van der Waals surface area contributed by atoms with E-state index >= 15 is 0 Å². The normalized spacial score (nSPS) is 11.4. The summed E-state index contributed by atoms with van der Waals surface area (Å²) >= 11 is 0. The molecule has 0 amide bonds. The number of rotatable bonds is 6. The SMILES string of the molecule is Fc1ccccc1/C=N\Nc1nc2ccccc2nc1N/N=C/c1ccccc1F. The maximum absolute atomic E-state index is 13.8. The average Bonchev–Trinajstić information content (AvgIpc) is 2.76. The van der Waals surface area contributed by atoms with Crippen LogP contribution in [0.25, 0.3) is 11.0 Å². The maximum Gasteiger partial charge on any atom is 0.192 e. The van der Waals surface area contributed by atoms with Crippen LogP contribution in [0.1, 0.15) is 11.1 Å². The molecule has 0 aliphatic carbocycles. The molecule has 3 aromatic carbocycles. The molecule has 6 nitrogen and oxygen atoms in total. The molecule has 0 saturated carbocycles. The van der Waals surface area contributed by atoms with Gasteiger partial charge < -0.3 is 0 Å². The van der Waals surface area contributed by atoms with E-state index in [0.717, 1.165) is 0 Å². The first kappa shape index (κ1) is 19.1. The second-order valence-electron chi connectivity index (χ2n) is 6.19. The quantitative estimate of drug-likeness (QED) is 0.359. The Morgan fingerprint density at radius 3 is 1.43 bits per heavy atom. The van der Waals surface area contributed by atoms with Crippen LogP contribution in [0.15, 0.2) is 83.0 Å². The molecule has 0 aliphatic heterocycles. The zero-order valence-corrected chi connectivity index (χ0v) is 15.6. The van der Waals surface area contributed by atoms with Gasteiger partial charge in [-0.25, -0.2) is 18.7 Å². The van der Waals surface area contributed by atoms with Crippen molar-refractivity contribution in [3.8, 4) is 0 Å². The summed E-state index contributed by atoms with van der Waals surface area (Å²) in [7, 11) is 0. The van der Waals surface area contributed by atoms with Crippen LogP contribution in [0.4, 0.5) is 20.4 Å². The highest BCUT2D eigenvalue weighted by atomic mass is 19.1. The standard InChI is InChI=1S/C22H16F2N6/c23-17-9-3-1-7-15(17)13-25-29-21-22(28-20-12-6-5-11-19(20)27-21)30-26-14-16-8-2-4-10-18(16)24/h1-14H,(H,27,29)(H,28,30)/b25-13-,26-14+. The predicted molar refractivity (Wildman–Crippen MR) is 115 cm³/mol. The second kappa shape index (κ2) is 8.87. The summed E-state index contributed by atoms with van der Waals surface area (Å²) in [4.78, 5) is 8.96. The van der Waals surface area contributed by atoms with E-state index in [9.17, 15) is 8.78 Å². The van der Waals surface area contributed by atoms with Gasteiger partial charge in [0.15, 0.2) is 11.6 Å². The molecule has 0 radical (unpaired) electrons. The lowest BCUT2D eigenvalue weighted by Crippen LogP contribution is -2.03. The third-order valence-electron chi connectivity index (χ3n) is 4.13. The lowest BCUT2D eigenvalue weighted by Gasteiger charge is -2.08. The summed E-state index contributed by atoms with van der Waals surface area (Å²) in [6.07, 6.45) is 2.69. The van der Waals surface area contributed by atoms with E-state index in [1.165, 1.54) is 24.6 Å². The fourth-order valence-electron chi connectivity index (χ4n) is 2.64. The summed E-state index contributed by atoms with van der Waals surface area (Å²) in [6, 6.07) is 19.8. The molecule has 0 saturated heterocycles. The van der Waals surface area contributed by atoms with Gasteiger partial charge in [-0.1, -0.05) is 48.5 Å². The zero-order chi connectivity index (χ0) is 20.8. The number of benzene rings is 3. The third kappa shape index (κ3) is 4.44. The molecular weight excluding hydrogens is 386 g/mol. The Kier molecular flexibility index (Phi) is 5.66. The van der Waals surface area contributed by atoms with Crippen LogP contribution in [-0.2, 0) is 0 Å². The van der Waals surface area contributed by atoms with Gasteiger partial charge in [-0.2, -0.15) is 10.2 Å². The maximum atomic E-state index is 13.8. The minimum Gasteiger partial charge on any atom is -0.258 e. The minimum atomic E-state index is -0.388. The van der Waals surface area contributed by atoms with Crippen molar-refractivity contribution in [2.75, 3.05) is 10.9 Å². The van der Waals surface area contributed by atoms with E-state index in [0.29, 0.717) is 22.2 Å². The molecule has 8 heteroatoms. The molecule has 4 aromatic rings. The van der Waals surface area contributed by atoms with Gasteiger partial charge in [-0.05, 0) is 24.3 Å². The summed E-state index contributed by atoms with van der Waals surface area (Å²) in [6.45, 7) is 0. The van der Waals surface area contributed by atoms with Crippen LogP contribution in [0, 0.1) is 11.6 Å². The number of nitrogens with one attached hydrogen (secondary N) is 2. The number of para-hydroxylation sites is 2. The molecule has 0 unspecified atom stereocenters. The van der Waals surface area contributed by atoms with Crippen LogP contribution in [-0.4, -0.2) is 22.4 Å². The number of hydrazone groups is 2. The van der Waals surface area contributed by atoms with Crippen molar-refractivity contribution in [1.29, 1.82) is 0 Å². The first-order valence-corrected chi connectivity index (χ1v) is 9.05. The average molecular weight is 402 g/mol. The molecule has 1 heterocycles. The molecule has 2 N–H and O–H groups in total. The number of fused-ring (bicyclic) bond motifs is 1. The summed E-state index contributed by atoms with van der Waals surface area (Å²) in [5.41, 5.74) is 7.46. The minimum absolute atomic E-state index is 0.284. The molecular formula is C22H16F2N6. The molecule has 4 rings (SSSR count). The van der Waals surface area contributed by atoms with Crippen molar-refractivity contribution < 1.29 is 8.78 Å². The number of aromatic nitrogens is 2.